The summed E-state index contributed by atoms with van der Waals surface area (Å²) in [5, 5.41) is 3.71. The van der Waals surface area contributed by atoms with Crippen molar-refractivity contribution < 1.29 is 13.9 Å². The largest absolute Gasteiger partial charge is 0.383 e. The van der Waals surface area contributed by atoms with Gasteiger partial charge in [-0.3, -0.25) is 4.79 Å². The van der Waals surface area contributed by atoms with E-state index in [-0.39, 0.29) is 17.1 Å². The maximum Gasteiger partial charge on any atom is 0.251 e. The number of halogens is 2. The number of hydrogen-bond acceptors (Lipinski definition) is 2. The number of amides is 1. The smallest absolute Gasteiger partial charge is 0.251 e. The summed E-state index contributed by atoms with van der Waals surface area (Å²) in [6.07, 6.45) is 0.611. The van der Waals surface area contributed by atoms with E-state index < -0.39 is 0 Å². The summed E-state index contributed by atoms with van der Waals surface area (Å²) >= 11 is 6.00. The van der Waals surface area contributed by atoms with Crippen molar-refractivity contribution in [3.05, 3.63) is 47.8 Å². The number of fused-ring (bicyclic) bond motifs is 1. The Labute approximate surface area is 128 Å². The van der Waals surface area contributed by atoms with Crippen LogP contribution in [0.15, 0.2) is 36.4 Å². The number of nitrogens with one attached hydrogen (secondary N) is 1. The van der Waals surface area contributed by atoms with Gasteiger partial charge in [0.05, 0.1) is 12.0 Å². The normalized spacial score (nSPS) is 12.3. The molecule has 0 aliphatic rings. The summed E-state index contributed by atoms with van der Waals surface area (Å²) < 4.78 is 18.6. The van der Waals surface area contributed by atoms with Crippen molar-refractivity contribution in [1.82, 2.24) is 5.32 Å². The standard InChI is InChI=1S/C16H17ClFNO2/c1-21-10-11(17)8-9-19-16(20)14-6-7-15(18)13-5-3-2-4-12(13)14/h2-7,11H,8-10H2,1H3,(H,19,20). The highest BCUT2D eigenvalue weighted by atomic mass is 35.5. The minimum atomic E-state index is -0.330. The van der Waals surface area contributed by atoms with Gasteiger partial charge in [0.15, 0.2) is 0 Å². The lowest BCUT2D eigenvalue weighted by Crippen LogP contribution is -2.27. The first-order chi connectivity index (χ1) is 10.1. The minimum Gasteiger partial charge on any atom is -0.383 e. The van der Waals surface area contributed by atoms with Gasteiger partial charge in [0, 0.05) is 24.6 Å². The molecule has 0 aliphatic heterocycles. The van der Waals surface area contributed by atoms with Gasteiger partial charge in [-0.15, -0.1) is 11.6 Å². The summed E-state index contributed by atoms with van der Waals surface area (Å²) in [5.41, 5.74) is 0.463. The van der Waals surface area contributed by atoms with Crippen molar-refractivity contribution in [1.29, 1.82) is 0 Å². The van der Waals surface area contributed by atoms with Crippen LogP contribution < -0.4 is 5.32 Å². The fourth-order valence-electron chi connectivity index (χ4n) is 2.16. The molecule has 5 heteroatoms. The zero-order chi connectivity index (χ0) is 15.2. The van der Waals surface area contributed by atoms with E-state index in [0.717, 1.165) is 0 Å². The quantitative estimate of drug-likeness (QED) is 0.831. The van der Waals surface area contributed by atoms with Crippen LogP contribution in [0.2, 0.25) is 0 Å². The molecule has 0 radical (unpaired) electrons. The molecule has 2 aromatic rings. The number of benzene rings is 2. The van der Waals surface area contributed by atoms with Crippen LogP contribution in [0.25, 0.3) is 10.8 Å². The Morgan fingerprint density at radius 1 is 1.29 bits per heavy atom. The average Bonchev–Trinajstić information content (AvgIpc) is 2.48. The molecule has 0 spiro atoms. The highest BCUT2D eigenvalue weighted by Gasteiger charge is 2.12. The summed E-state index contributed by atoms with van der Waals surface area (Å²) in [5.74, 6) is -0.560. The van der Waals surface area contributed by atoms with Gasteiger partial charge in [-0.2, -0.15) is 0 Å². The number of rotatable bonds is 6. The molecule has 0 fully saturated rings. The summed E-state index contributed by atoms with van der Waals surface area (Å²) in [7, 11) is 1.58. The minimum absolute atomic E-state index is 0.139. The van der Waals surface area contributed by atoms with Crippen LogP contribution in [0.1, 0.15) is 16.8 Å². The number of ether oxygens (including phenoxy) is 1. The van der Waals surface area contributed by atoms with Crippen LogP contribution >= 0.6 is 11.6 Å². The molecule has 0 aromatic heterocycles. The molecule has 1 atom stereocenters. The molecule has 112 valence electrons. The first kappa shape index (κ1) is 15.7. The van der Waals surface area contributed by atoms with Crippen molar-refractivity contribution in [2.75, 3.05) is 20.3 Å². The monoisotopic (exact) mass is 309 g/mol. The number of alkyl halides is 1. The molecule has 1 amide bonds. The Bertz CT molecular complexity index is 633. The van der Waals surface area contributed by atoms with E-state index >= 15 is 0 Å². The summed E-state index contributed by atoms with van der Waals surface area (Å²) in [6.45, 7) is 0.888. The van der Waals surface area contributed by atoms with Crippen LogP contribution in [0.5, 0.6) is 0 Å². The second-order valence-corrected chi connectivity index (χ2v) is 5.35. The van der Waals surface area contributed by atoms with E-state index in [2.05, 4.69) is 5.32 Å². The number of methoxy groups -OCH3 is 1. The second kappa shape index (κ2) is 7.38. The lowest BCUT2D eigenvalue weighted by Gasteiger charge is -2.11. The first-order valence-corrected chi connectivity index (χ1v) is 7.15. The third kappa shape index (κ3) is 3.93. The molecule has 2 aromatic carbocycles. The van der Waals surface area contributed by atoms with Gasteiger partial charge < -0.3 is 10.1 Å². The van der Waals surface area contributed by atoms with Crippen LogP contribution in [-0.4, -0.2) is 31.5 Å². The van der Waals surface area contributed by atoms with E-state index in [4.69, 9.17) is 16.3 Å². The number of carbonyl (C=O) groups is 1. The molecule has 0 saturated carbocycles. The molecule has 0 aliphatic carbocycles. The van der Waals surface area contributed by atoms with E-state index in [1.165, 1.54) is 12.1 Å². The topological polar surface area (TPSA) is 38.3 Å². The van der Waals surface area contributed by atoms with Crippen molar-refractivity contribution >= 4 is 28.3 Å². The number of carbonyl (C=O) groups excluding carboxylic acids is 1. The van der Waals surface area contributed by atoms with Crippen LogP contribution in [-0.2, 0) is 4.74 Å². The van der Waals surface area contributed by atoms with Crippen LogP contribution in [0.4, 0.5) is 4.39 Å². The highest BCUT2D eigenvalue weighted by molar-refractivity contribution is 6.20. The van der Waals surface area contributed by atoms with Crippen molar-refractivity contribution in [2.24, 2.45) is 0 Å². The van der Waals surface area contributed by atoms with Crippen LogP contribution in [0, 0.1) is 5.82 Å². The van der Waals surface area contributed by atoms with Gasteiger partial charge in [-0.1, -0.05) is 24.3 Å². The van der Waals surface area contributed by atoms with Crippen molar-refractivity contribution in [3.8, 4) is 0 Å². The Hall–Kier alpha value is -1.65. The number of hydrogen-bond donors (Lipinski definition) is 1. The van der Waals surface area contributed by atoms with Gasteiger partial charge >= 0.3 is 0 Å². The Morgan fingerprint density at radius 2 is 2.00 bits per heavy atom. The van der Waals surface area contributed by atoms with E-state index in [1.54, 1.807) is 31.4 Å². The van der Waals surface area contributed by atoms with Crippen molar-refractivity contribution in [3.63, 3.8) is 0 Å². The van der Waals surface area contributed by atoms with Crippen molar-refractivity contribution in [2.45, 2.75) is 11.8 Å². The predicted octanol–water partition coefficient (Wildman–Crippen LogP) is 3.35. The maximum absolute atomic E-state index is 13.7. The summed E-state index contributed by atoms with van der Waals surface area (Å²) in [6, 6.07) is 9.74. The maximum atomic E-state index is 13.7. The second-order valence-electron chi connectivity index (χ2n) is 4.74. The van der Waals surface area contributed by atoms with Crippen LogP contribution in [0.3, 0.4) is 0 Å². The lowest BCUT2D eigenvalue weighted by molar-refractivity contribution is 0.0953. The van der Waals surface area contributed by atoms with Gasteiger partial charge in [-0.05, 0) is 23.9 Å². The summed E-state index contributed by atoms with van der Waals surface area (Å²) in [4.78, 5) is 12.2. The molecule has 1 N–H and O–H groups in total. The average molecular weight is 310 g/mol. The van der Waals surface area contributed by atoms with Gasteiger partial charge in [0.2, 0.25) is 0 Å². The Balaban J connectivity index is 2.08. The SMILES string of the molecule is COCC(Cl)CCNC(=O)c1ccc(F)c2ccccc12. The molecule has 0 bridgehead atoms. The zero-order valence-electron chi connectivity index (χ0n) is 11.7. The first-order valence-electron chi connectivity index (χ1n) is 6.72. The molecule has 0 heterocycles. The van der Waals surface area contributed by atoms with Gasteiger partial charge in [-0.25, -0.2) is 4.39 Å². The third-order valence-electron chi connectivity index (χ3n) is 3.21. The fraction of sp³-hybridized carbons (Fsp3) is 0.312. The third-order valence-corrected chi connectivity index (χ3v) is 3.55. The molecule has 21 heavy (non-hydrogen) atoms. The predicted molar refractivity (Wildman–Crippen MR) is 82.4 cm³/mol. The van der Waals surface area contributed by atoms with E-state index in [1.807, 2.05) is 0 Å². The van der Waals surface area contributed by atoms with Gasteiger partial charge in [0.1, 0.15) is 5.82 Å². The molecule has 0 saturated heterocycles. The lowest BCUT2D eigenvalue weighted by atomic mass is 10.0. The molecular weight excluding hydrogens is 293 g/mol. The zero-order valence-corrected chi connectivity index (χ0v) is 12.5. The molecule has 3 nitrogen and oxygen atoms in total. The highest BCUT2D eigenvalue weighted by Crippen LogP contribution is 2.21. The molecule has 1 unspecified atom stereocenters. The fourth-order valence-corrected chi connectivity index (χ4v) is 2.40. The molecular formula is C16H17ClFNO2. The van der Waals surface area contributed by atoms with E-state index in [0.29, 0.717) is 35.9 Å². The molecule has 2 rings (SSSR count). The Kier molecular flexibility index (Phi) is 5.53. The van der Waals surface area contributed by atoms with Gasteiger partial charge in [0.25, 0.3) is 5.91 Å². The van der Waals surface area contributed by atoms with E-state index in [9.17, 15) is 9.18 Å². The Morgan fingerprint density at radius 3 is 2.71 bits per heavy atom.